The van der Waals surface area contributed by atoms with E-state index in [0.717, 1.165) is 26.2 Å². The quantitative estimate of drug-likeness (QED) is 0.814. The molecular weight excluding hydrogens is 262 g/mol. The summed E-state index contributed by atoms with van der Waals surface area (Å²) in [6.45, 7) is 17.0. The maximum atomic E-state index is 5.96. The van der Waals surface area contributed by atoms with Gasteiger partial charge in [-0.2, -0.15) is 0 Å². The van der Waals surface area contributed by atoms with Crippen LogP contribution in [0.1, 0.15) is 46.5 Å². The highest BCUT2D eigenvalue weighted by atomic mass is 16.5. The van der Waals surface area contributed by atoms with Gasteiger partial charge in [0.1, 0.15) is 0 Å². The highest BCUT2D eigenvalue weighted by Gasteiger charge is 2.17. The third-order valence-corrected chi connectivity index (χ3v) is 4.05. The minimum atomic E-state index is 0.507. The standard InChI is InChI=1S/C14H29N3O.C3H8/c1-2-7-16-8-10-17(11-9-16)12-13-18-14-3-5-15-6-4-14;1-3-2/h14-15H,2-13H2,1H3;3H2,1-2H3. The summed E-state index contributed by atoms with van der Waals surface area (Å²) < 4.78 is 5.96. The first kappa shape index (κ1) is 18.9. The van der Waals surface area contributed by atoms with Crippen molar-refractivity contribution in [2.75, 3.05) is 59.0 Å². The second-order valence-corrected chi connectivity index (χ2v) is 6.21. The Hall–Kier alpha value is -0.160. The van der Waals surface area contributed by atoms with Crippen LogP contribution in [0.4, 0.5) is 0 Å². The Morgan fingerprint density at radius 3 is 1.95 bits per heavy atom. The van der Waals surface area contributed by atoms with Gasteiger partial charge in [0.25, 0.3) is 0 Å². The van der Waals surface area contributed by atoms with Gasteiger partial charge in [-0.25, -0.2) is 0 Å². The van der Waals surface area contributed by atoms with Crippen LogP contribution >= 0.6 is 0 Å². The molecule has 2 heterocycles. The van der Waals surface area contributed by atoms with Gasteiger partial charge in [0, 0.05) is 32.7 Å². The fourth-order valence-corrected chi connectivity index (χ4v) is 2.86. The number of hydrogen-bond donors (Lipinski definition) is 1. The molecule has 21 heavy (non-hydrogen) atoms. The maximum Gasteiger partial charge on any atom is 0.0600 e. The molecule has 126 valence electrons. The smallest absolute Gasteiger partial charge is 0.0600 e. The van der Waals surface area contributed by atoms with Crippen molar-refractivity contribution in [3.63, 3.8) is 0 Å². The van der Waals surface area contributed by atoms with Crippen LogP contribution in [-0.2, 0) is 4.74 Å². The zero-order valence-electron chi connectivity index (χ0n) is 14.6. The lowest BCUT2D eigenvalue weighted by atomic mass is 10.1. The molecule has 1 N–H and O–H groups in total. The van der Waals surface area contributed by atoms with Gasteiger partial charge >= 0.3 is 0 Å². The summed E-state index contributed by atoms with van der Waals surface area (Å²) in [6.07, 6.45) is 5.40. The van der Waals surface area contributed by atoms with Crippen molar-refractivity contribution < 1.29 is 4.74 Å². The Labute approximate surface area is 132 Å². The predicted octanol–water partition coefficient (Wildman–Crippen LogP) is 2.20. The molecule has 2 saturated heterocycles. The van der Waals surface area contributed by atoms with Crippen LogP contribution in [0, 0.1) is 0 Å². The van der Waals surface area contributed by atoms with Crippen molar-refractivity contribution in [3.05, 3.63) is 0 Å². The van der Waals surface area contributed by atoms with E-state index in [1.165, 1.54) is 58.4 Å². The molecule has 0 aromatic carbocycles. The van der Waals surface area contributed by atoms with Crippen LogP contribution in [0.2, 0.25) is 0 Å². The van der Waals surface area contributed by atoms with Gasteiger partial charge in [-0.3, -0.25) is 4.90 Å². The zero-order valence-corrected chi connectivity index (χ0v) is 14.6. The van der Waals surface area contributed by atoms with E-state index in [9.17, 15) is 0 Å². The molecule has 0 radical (unpaired) electrons. The van der Waals surface area contributed by atoms with Gasteiger partial charge in [0.05, 0.1) is 12.7 Å². The Balaban J connectivity index is 0.000000677. The van der Waals surface area contributed by atoms with Crippen molar-refractivity contribution in [1.29, 1.82) is 0 Å². The number of nitrogens with one attached hydrogen (secondary N) is 1. The van der Waals surface area contributed by atoms with Crippen molar-refractivity contribution in [2.45, 2.75) is 52.6 Å². The summed E-state index contributed by atoms with van der Waals surface area (Å²) in [7, 11) is 0. The molecule has 0 atom stereocenters. The van der Waals surface area contributed by atoms with Crippen molar-refractivity contribution in [3.8, 4) is 0 Å². The maximum absolute atomic E-state index is 5.96. The number of ether oxygens (including phenoxy) is 1. The molecule has 0 unspecified atom stereocenters. The van der Waals surface area contributed by atoms with Gasteiger partial charge in [0.2, 0.25) is 0 Å². The summed E-state index contributed by atoms with van der Waals surface area (Å²) in [5, 5.41) is 3.38. The van der Waals surface area contributed by atoms with Crippen LogP contribution in [0.5, 0.6) is 0 Å². The minimum absolute atomic E-state index is 0.507. The summed E-state index contributed by atoms with van der Waals surface area (Å²) in [4.78, 5) is 5.12. The monoisotopic (exact) mass is 299 g/mol. The van der Waals surface area contributed by atoms with Crippen molar-refractivity contribution in [1.82, 2.24) is 15.1 Å². The van der Waals surface area contributed by atoms with E-state index in [1.807, 2.05) is 0 Å². The average molecular weight is 300 g/mol. The number of nitrogens with zero attached hydrogens (tertiary/aromatic N) is 2. The summed E-state index contributed by atoms with van der Waals surface area (Å²) in [5.41, 5.74) is 0. The number of piperidine rings is 1. The predicted molar refractivity (Wildman–Crippen MR) is 91.0 cm³/mol. The van der Waals surface area contributed by atoms with Crippen LogP contribution in [0.3, 0.4) is 0 Å². The van der Waals surface area contributed by atoms with Crippen LogP contribution in [0.15, 0.2) is 0 Å². The van der Waals surface area contributed by atoms with Crippen molar-refractivity contribution >= 4 is 0 Å². The highest BCUT2D eigenvalue weighted by Crippen LogP contribution is 2.08. The summed E-state index contributed by atoms with van der Waals surface area (Å²) in [5.74, 6) is 0. The fourth-order valence-electron chi connectivity index (χ4n) is 2.86. The molecule has 0 spiro atoms. The highest BCUT2D eigenvalue weighted by molar-refractivity contribution is 4.72. The van der Waals surface area contributed by atoms with Gasteiger partial charge in [-0.1, -0.05) is 27.2 Å². The lowest BCUT2D eigenvalue weighted by Crippen LogP contribution is -2.47. The number of hydrogen-bond acceptors (Lipinski definition) is 4. The van der Waals surface area contributed by atoms with E-state index in [4.69, 9.17) is 4.74 Å². The van der Waals surface area contributed by atoms with Crippen molar-refractivity contribution in [2.24, 2.45) is 0 Å². The third-order valence-electron chi connectivity index (χ3n) is 4.05. The Kier molecular flexibility index (Phi) is 11.1. The van der Waals surface area contributed by atoms with E-state index in [1.54, 1.807) is 0 Å². The average Bonchev–Trinajstić information content (AvgIpc) is 2.51. The number of piperazine rings is 1. The first-order chi connectivity index (χ1) is 10.3. The van der Waals surface area contributed by atoms with Gasteiger partial charge < -0.3 is 15.0 Å². The first-order valence-electron chi connectivity index (χ1n) is 9.07. The molecule has 2 rings (SSSR count). The first-order valence-corrected chi connectivity index (χ1v) is 9.07. The molecule has 2 fully saturated rings. The molecule has 2 aliphatic rings. The molecule has 4 nitrogen and oxygen atoms in total. The lowest BCUT2D eigenvalue weighted by Gasteiger charge is -2.34. The normalized spacial score (nSPS) is 21.9. The third kappa shape index (κ3) is 8.77. The molecule has 0 saturated carbocycles. The lowest BCUT2D eigenvalue weighted by molar-refractivity contribution is 0.0128. The number of rotatable bonds is 6. The SMILES string of the molecule is CCC.CCCN1CCN(CCOC2CCNCC2)CC1. The van der Waals surface area contributed by atoms with Gasteiger partial charge in [-0.05, 0) is 38.9 Å². The van der Waals surface area contributed by atoms with E-state index >= 15 is 0 Å². The summed E-state index contributed by atoms with van der Waals surface area (Å²) in [6, 6.07) is 0. The minimum Gasteiger partial charge on any atom is -0.377 e. The van der Waals surface area contributed by atoms with Crippen LogP contribution < -0.4 is 5.32 Å². The van der Waals surface area contributed by atoms with E-state index < -0.39 is 0 Å². The van der Waals surface area contributed by atoms with E-state index in [0.29, 0.717) is 6.10 Å². The molecule has 0 aromatic heterocycles. The van der Waals surface area contributed by atoms with Gasteiger partial charge in [0.15, 0.2) is 0 Å². The molecule has 0 amide bonds. The summed E-state index contributed by atoms with van der Waals surface area (Å²) >= 11 is 0. The van der Waals surface area contributed by atoms with Crippen LogP contribution in [0.25, 0.3) is 0 Å². The second kappa shape index (κ2) is 12.4. The largest absolute Gasteiger partial charge is 0.377 e. The molecule has 0 aromatic rings. The van der Waals surface area contributed by atoms with Gasteiger partial charge in [-0.15, -0.1) is 0 Å². The zero-order chi connectivity index (χ0) is 15.3. The molecule has 2 aliphatic heterocycles. The fraction of sp³-hybridized carbons (Fsp3) is 1.00. The Bertz CT molecular complexity index is 224. The molecule has 0 bridgehead atoms. The second-order valence-electron chi connectivity index (χ2n) is 6.21. The molecule has 4 heteroatoms. The van der Waals surface area contributed by atoms with Crippen LogP contribution in [-0.4, -0.2) is 74.9 Å². The van der Waals surface area contributed by atoms with E-state index in [2.05, 4.69) is 35.9 Å². The topological polar surface area (TPSA) is 27.7 Å². The molecule has 0 aliphatic carbocycles. The Morgan fingerprint density at radius 1 is 0.905 bits per heavy atom. The van der Waals surface area contributed by atoms with E-state index in [-0.39, 0.29) is 0 Å². The Morgan fingerprint density at radius 2 is 1.43 bits per heavy atom. The molecular formula is C17H37N3O.